The molecule has 0 atom stereocenters. The topological polar surface area (TPSA) is 113 Å². The largest absolute Gasteiger partial charge is 0.478 e. The number of aromatic carboxylic acids is 1. The number of thioether (sulfide) groups is 1. The molecule has 0 amide bonds. The van der Waals surface area contributed by atoms with Gasteiger partial charge in [-0.15, -0.1) is 0 Å². The van der Waals surface area contributed by atoms with E-state index >= 15 is 0 Å². The Labute approximate surface area is 120 Å². The average Bonchev–Trinajstić information content (AvgIpc) is 2.42. The fraction of sp³-hybridized carbons (Fsp3) is 0.417. The third-order valence-electron chi connectivity index (χ3n) is 2.46. The molecule has 0 radical (unpaired) electrons. The minimum Gasteiger partial charge on any atom is -0.478 e. The normalized spacial score (nSPS) is 10.2. The molecule has 0 saturated carbocycles. The second kappa shape index (κ2) is 8.39. The Kier molecular flexibility index (Phi) is 6.82. The van der Waals surface area contributed by atoms with Crippen LogP contribution in [-0.2, 0) is 0 Å². The van der Waals surface area contributed by atoms with Gasteiger partial charge in [0.1, 0.15) is 5.69 Å². The summed E-state index contributed by atoms with van der Waals surface area (Å²) in [7, 11) is 0. The first-order valence-electron chi connectivity index (χ1n) is 6.01. The van der Waals surface area contributed by atoms with Gasteiger partial charge in [-0.2, -0.15) is 11.8 Å². The molecule has 110 valence electrons. The van der Waals surface area contributed by atoms with Crippen LogP contribution in [0.15, 0.2) is 18.2 Å². The van der Waals surface area contributed by atoms with Crippen molar-refractivity contribution in [3.63, 3.8) is 0 Å². The van der Waals surface area contributed by atoms with E-state index in [0.29, 0.717) is 18.7 Å². The van der Waals surface area contributed by atoms with Crippen molar-refractivity contribution in [1.29, 1.82) is 0 Å². The van der Waals surface area contributed by atoms with E-state index in [9.17, 15) is 14.9 Å². The van der Waals surface area contributed by atoms with Crippen LogP contribution in [0.4, 0.5) is 11.4 Å². The van der Waals surface area contributed by atoms with Crippen molar-refractivity contribution in [2.24, 2.45) is 0 Å². The van der Waals surface area contributed by atoms with E-state index < -0.39 is 10.9 Å². The summed E-state index contributed by atoms with van der Waals surface area (Å²) in [5.74, 6) is 0.260. The van der Waals surface area contributed by atoms with Crippen molar-refractivity contribution in [3.8, 4) is 0 Å². The maximum atomic E-state index is 11.1. The molecule has 1 rings (SSSR count). The van der Waals surface area contributed by atoms with Crippen LogP contribution >= 0.6 is 11.8 Å². The fourth-order valence-corrected chi connectivity index (χ4v) is 2.36. The van der Waals surface area contributed by atoms with E-state index in [2.05, 4.69) is 5.32 Å². The van der Waals surface area contributed by atoms with Crippen molar-refractivity contribution in [2.75, 3.05) is 30.0 Å². The molecule has 0 fully saturated rings. The molecule has 7 nitrogen and oxygen atoms in total. The van der Waals surface area contributed by atoms with Crippen LogP contribution in [0.25, 0.3) is 0 Å². The van der Waals surface area contributed by atoms with Crippen LogP contribution in [0.2, 0.25) is 0 Å². The predicted octanol–water partition coefficient (Wildman–Crippen LogP) is 1.82. The lowest BCUT2D eigenvalue weighted by molar-refractivity contribution is -0.384. The third-order valence-corrected chi connectivity index (χ3v) is 3.53. The number of benzene rings is 1. The second-order valence-electron chi connectivity index (χ2n) is 3.88. The highest BCUT2D eigenvalue weighted by molar-refractivity contribution is 7.99. The Hall–Kier alpha value is -1.80. The van der Waals surface area contributed by atoms with Crippen molar-refractivity contribution in [2.45, 2.75) is 6.42 Å². The molecule has 0 heterocycles. The highest BCUT2D eigenvalue weighted by atomic mass is 32.2. The fourth-order valence-electron chi connectivity index (χ4n) is 1.57. The summed E-state index contributed by atoms with van der Waals surface area (Å²) in [6.45, 7) is 0.551. The molecule has 0 unspecified atom stereocenters. The third kappa shape index (κ3) is 4.71. The molecule has 0 bridgehead atoms. The van der Waals surface area contributed by atoms with Gasteiger partial charge in [0.25, 0.3) is 5.69 Å². The maximum absolute atomic E-state index is 11.1. The molecule has 1 aromatic rings. The molecule has 20 heavy (non-hydrogen) atoms. The number of para-hydroxylation sites is 1. The number of carbonyl (C=O) groups is 1. The van der Waals surface area contributed by atoms with Gasteiger partial charge in [0.2, 0.25) is 0 Å². The van der Waals surface area contributed by atoms with Crippen LogP contribution in [-0.4, -0.2) is 45.8 Å². The number of nitrogens with one attached hydrogen (secondary N) is 1. The highest BCUT2D eigenvalue weighted by Crippen LogP contribution is 2.28. The smallest absolute Gasteiger partial charge is 0.338 e. The summed E-state index contributed by atoms with van der Waals surface area (Å²) >= 11 is 1.59. The van der Waals surface area contributed by atoms with Crippen molar-refractivity contribution in [1.82, 2.24) is 0 Å². The standard InChI is InChI=1S/C12H16N2O5S/c15-6-2-7-20-8-5-13-11-9(12(16)17)3-1-4-10(11)14(18)19/h1,3-4,13,15H,2,5-8H2,(H,16,17). The summed E-state index contributed by atoms with van der Waals surface area (Å²) in [5, 5.41) is 31.4. The lowest BCUT2D eigenvalue weighted by Crippen LogP contribution is -2.11. The number of rotatable bonds is 9. The Morgan fingerprint density at radius 2 is 2.15 bits per heavy atom. The summed E-state index contributed by atoms with van der Waals surface area (Å²) < 4.78 is 0. The Morgan fingerprint density at radius 3 is 2.75 bits per heavy atom. The zero-order chi connectivity index (χ0) is 15.0. The summed E-state index contributed by atoms with van der Waals surface area (Å²) in [6, 6.07) is 3.95. The molecule has 0 aliphatic rings. The molecular weight excluding hydrogens is 284 g/mol. The predicted molar refractivity (Wildman–Crippen MR) is 77.6 cm³/mol. The number of nitro benzene ring substituents is 1. The molecule has 0 aliphatic carbocycles. The van der Waals surface area contributed by atoms with Gasteiger partial charge in [-0.05, 0) is 18.2 Å². The van der Waals surface area contributed by atoms with Crippen LogP contribution in [0, 0.1) is 10.1 Å². The Bertz CT molecular complexity index is 449. The van der Waals surface area contributed by atoms with Crippen LogP contribution in [0.3, 0.4) is 0 Å². The number of carboxylic acid groups (broad SMARTS) is 1. The highest BCUT2D eigenvalue weighted by Gasteiger charge is 2.20. The van der Waals surface area contributed by atoms with Crippen molar-refractivity contribution in [3.05, 3.63) is 33.9 Å². The van der Waals surface area contributed by atoms with E-state index in [1.54, 1.807) is 11.8 Å². The first-order valence-corrected chi connectivity index (χ1v) is 7.16. The first kappa shape index (κ1) is 16.3. The SMILES string of the molecule is O=C(O)c1cccc([N+](=O)[O-])c1NCCSCCCO. The molecule has 0 saturated heterocycles. The quantitative estimate of drug-likeness (QED) is 0.362. The summed E-state index contributed by atoms with van der Waals surface area (Å²) in [5.41, 5.74) is -0.322. The van der Waals surface area contributed by atoms with Gasteiger partial charge in [0.15, 0.2) is 0 Å². The van der Waals surface area contributed by atoms with Gasteiger partial charge in [0, 0.05) is 25.0 Å². The zero-order valence-corrected chi connectivity index (χ0v) is 11.6. The number of nitro groups is 1. The number of nitrogens with zero attached hydrogens (tertiary/aromatic N) is 1. The number of hydrogen-bond donors (Lipinski definition) is 3. The molecule has 0 spiro atoms. The van der Waals surface area contributed by atoms with E-state index in [4.69, 9.17) is 10.2 Å². The van der Waals surface area contributed by atoms with Crippen molar-refractivity contribution < 1.29 is 19.9 Å². The molecule has 1 aromatic carbocycles. The van der Waals surface area contributed by atoms with Gasteiger partial charge in [-0.25, -0.2) is 4.79 Å². The number of aliphatic hydroxyl groups excluding tert-OH is 1. The second-order valence-corrected chi connectivity index (χ2v) is 5.10. The number of carboxylic acids is 1. The molecule has 0 aliphatic heterocycles. The molecular formula is C12H16N2O5S. The summed E-state index contributed by atoms with van der Waals surface area (Å²) in [4.78, 5) is 21.4. The van der Waals surface area contributed by atoms with Gasteiger partial charge >= 0.3 is 5.97 Å². The average molecular weight is 300 g/mol. The molecule has 0 aromatic heterocycles. The minimum atomic E-state index is -1.20. The van der Waals surface area contributed by atoms with Gasteiger partial charge in [-0.3, -0.25) is 10.1 Å². The monoisotopic (exact) mass is 300 g/mol. The Balaban J connectivity index is 2.71. The van der Waals surface area contributed by atoms with E-state index in [-0.39, 0.29) is 23.5 Å². The van der Waals surface area contributed by atoms with E-state index in [1.165, 1.54) is 18.2 Å². The van der Waals surface area contributed by atoms with Gasteiger partial charge < -0.3 is 15.5 Å². The lowest BCUT2D eigenvalue weighted by Gasteiger charge is -2.09. The lowest BCUT2D eigenvalue weighted by atomic mass is 10.1. The first-order chi connectivity index (χ1) is 9.57. The number of aliphatic hydroxyl groups is 1. The maximum Gasteiger partial charge on any atom is 0.338 e. The Morgan fingerprint density at radius 1 is 1.40 bits per heavy atom. The molecule has 8 heteroatoms. The van der Waals surface area contributed by atoms with Crippen molar-refractivity contribution >= 4 is 29.1 Å². The summed E-state index contributed by atoms with van der Waals surface area (Å²) in [6.07, 6.45) is 0.691. The number of hydrogen-bond acceptors (Lipinski definition) is 6. The van der Waals surface area contributed by atoms with Gasteiger partial charge in [0.05, 0.1) is 10.5 Å². The van der Waals surface area contributed by atoms with Crippen LogP contribution in [0.5, 0.6) is 0 Å². The van der Waals surface area contributed by atoms with E-state index in [0.717, 1.165) is 5.75 Å². The van der Waals surface area contributed by atoms with Gasteiger partial charge in [-0.1, -0.05) is 6.07 Å². The zero-order valence-electron chi connectivity index (χ0n) is 10.7. The van der Waals surface area contributed by atoms with E-state index in [1.807, 2.05) is 0 Å². The van der Waals surface area contributed by atoms with Crippen LogP contribution in [0.1, 0.15) is 16.8 Å². The molecule has 3 N–H and O–H groups in total. The van der Waals surface area contributed by atoms with Crippen LogP contribution < -0.4 is 5.32 Å². The minimum absolute atomic E-state index is 0.0350. The number of anilines is 1.